The lowest BCUT2D eigenvalue weighted by atomic mass is 10.1. The van der Waals surface area contributed by atoms with E-state index in [1.54, 1.807) is 20.8 Å². The molecule has 2 aromatic rings. The fraction of sp³-hybridized carbons (Fsp3) is 0.474. The van der Waals surface area contributed by atoms with Gasteiger partial charge >= 0.3 is 5.97 Å². The average molecular weight is 364 g/mol. The normalized spacial score (nSPS) is 13.7. The van der Waals surface area contributed by atoms with Crippen molar-refractivity contribution in [2.24, 2.45) is 0 Å². The van der Waals surface area contributed by atoms with Crippen LogP contribution in [0.5, 0.6) is 5.75 Å². The molecule has 5 nitrogen and oxygen atoms in total. The molecule has 140 valence electrons. The quantitative estimate of drug-likeness (QED) is 0.698. The van der Waals surface area contributed by atoms with Crippen LogP contribution in [0.1, 0.15) is 59.9 Å². The number of rotatable bonds is 7. The largest absolute Gasteiger partial charge is 0.494 e. The molecule has 0 spiro atoms. The molecular formula is C19H22F2N2O3. The Morgan fingerprint density at radius 2 is 1.88 bits per heavy atom. The lowest BCUT2D eigenvalue weighted by molar-refractivity contribution is 0.0517. The highest BCUT2D eigenvalue weighted by Gasteiger charge is 2.33. The van der Waals surface area contributed by atoms with Crippen molar-refractivity contribution >= 4 is 5.97 Å². The molecule has 0 unspecified atom stereocenters. The Kier molecular flexibility index (Phi) is 5.25. The molecule has 7 heteroatoms. The highest BCUT2D eigenvalue weighted by atomic mass is 19.1. The van der Waals surface area contributed by atoms with Crippen LogP contribution in [-0.4, -0.2) is 29.0 Å². The van der Waals surface area contributed by atoms with Crippen LogP contribution in [0.25, 0.3) is 0 Å². The summed E-state index contributed by atoms with van der Waals surface area (Å²) < 4.78 is 40.5. The zero-order valence-electron chi connectivity index (χ0n) is 15.1. The molecule has 1 aliphatic rings. The van der Waals surface area contributed by atoms with Gasteiger partial charge in [-0.05, 0) is 33.6 Å². The van der Waals surface area contributed by atoms with Gasteiger partial charge in [0.25, 0.3) is 0 Å². The number of hydrogen-bond donors (Lipinski definition) is 0. The highest BCUT2D eigenvalue weighted by molar-refractivity contribution is 5.89. The van der Waals surface area contributed by atoms with Gasteiger partial charge in [-0.2, -0.15) is 5.10 Å². The van der Waals surface area contributed by atoms with Crippen molar-refractivity contribution in [3.63, 3.8) is 0 Å². The fourth-order valence-corrected chi connectivity index (χ4v) is 3.08. The van der Waals surface area contributed by atoms with Gasteiger partial charge in [-0.15, -0.1) is 0 Å². The lowest BCUT2D eigenvalue weighted by Crippen LogP contribution is -2.11. The van der Waals surface area contributed by atoms with E-state index < -0.39 is 17.6 Å². The minimum absolute atomic E-state index is 0.0872. The van der Waals surface area contributed by atoms with E-state index in [4.69, 9.17) is 9.47 Å². The summed E-state index contributed by atoms with van der Waals surface area (Å²) in [6, 6.07) is 2.34. The molecule has 1 aromatic heterocycles. The summed E-state index contributed by atoms with van der Waals surface area (Å²) in [6.45, 7) is 5.74. The summed E-state index contributed by atoms with van der Waals surface area (Å²) in [5, 5.41) is 4.30. The maximum absolute atomic E-state index is 14.4. The van der Waals surface area contributed by atoms with Crippen molar-refractivity contribution in [2.75, 3.05) is 13.2 Å². The van der Waals surface area contributed by atoms with Gasteiger partial charge < -0.3 is 9.47 Å². The number of halogens is 2. The van der Waals surface area contributed by atoms with E-state index in [2.05, 4.69) is 5.10 Å². The second-order valence-corrected chi connectivity index (χ2v) is 6.31. The Morgan fingerprint density at radius 3 is 2.42 bits per heavy atom. The van der Waals surface area contributed by atoms with E-state index >= 15 is 0 Å². The van der Waals surface area contributed by atoms with Crippen LogP contribution in [0.3, 0.4) is 0 Å². The monoisotopic (exact) mass is 364 g/mol. The Hall–Kier alpha value is -2.44. The van der Waals surface area contributed by atoms with Crippen molar-refractivity contribution in [2.45, 2.75) is 46.1 Å². The van der Waals surface area contributed by atoms with Crippen LogP contribution >= 0.6 is 0 Å². The molecule has 1 fully saturated rings. The molecule has 0 aliphatic heterocycles. The van der Waals surface area contributed by atoms with Gasteiger partial charge in [0, 0.05) is 34.9 Å². The molecule has 26 heavy (non-hydrogen) atoms. The summed E-state index contributed by atoms with van der Waals surface area (Å²) in [4.78, 5) is 12.1. The van der Waals surface area contributed by atoms with Gasteiger partial charge in [-0.3, -0.25) is 4.68 Å². The first-order valence-corrected chi connectivity index (χ1v) is 8.81. The first kappa shape index (κ1) is 18.4. The van der Waals surface area contributed by atoms with Crippen molar-refractivity contribution in [3.05, 3.63) is 46.3 Å². The third-order valence-electron chi connectivity index (χ3n) is 4.40. The summed E-state index contributed by atoms with van der Waals surface area (Å²) >= 11 is 0. The van der Waals surface area contributed by atoms with Gasteiger partial charge in [0.2, 0.25) is 0 Å². The number of aromatic nitrogens is 2. The molecule has 0 N–H and O–H groups in total. The Morgan fingerprint density at radius 1 is 1.23 bits per heavy atom. The van der Waals surface area contributed by atoms with Crippen molar-refractivity contribution < 1.29 is 23.0 Å². The molecule has 1 heterocycles. The van der Waals surface area contributed by atoms with Crippen LogP contribution in [-0.2, 0) is 11.3 Å². The first-order chi connectivity index (χ1) is 12.5. The third kappa shape index (κ3) is 3.57. The molecule has 0 atom stereocenters. The van der Waals surface area contributed by atoms with Gasteiger partial charge in [0.1, 0.15) is 17.4 Å². The van der Waals surface area contributed by atoms with Crippen molar-refractivity contribution in [1.82, 2.24) is 9.78 Å². The minimum atomic E-state index is -0.693. The number of ether oxygens (including phenoxy) is 2. The standard InChI is InChI=1S/C19H22F2N2O3/c1-4-25-13-8-15(20)14(16(21)9-13)10-23-18(12-6-7-12)11(3)17(22-23)19(24)26-5-2/h8-9,12H,4-7,10H2,1-3H3. The van der Waals surface area contributed by atoms with Crippen LogP contribution in [0, 0.1) is 18.6 Å². The molecule has 1 aromatic carbocycles. The number of esters is 1. The maximum atomic E-state index is 14.4. The van der Waals surface area contributed by atoms with Crippen molar-refractivity contribution in [3.8, 4) is 5.75 Å². The van der Waals surface area contributed by atoms with Gasteiger partial charge in [0.05, 0.1) is 19.8 Å². The Labute approximate surface area is 150 Å². The SMILES string of the molecule is CCOC(=O)c1nn(Cc2c(F)cc(OCC)cc2F)c(C2CC2)c1C. The zero-order chi connectivity index (χ0) is 18.8. The average Bonchev–Trinajstić information content (AvgIpc) is 3.35. The fourth-order valence-electron chi connectivity index (χ4n) is 3.08. The molecule has 1 saturated carbocycles. The topological polar surface area (TPSA) is 53.3 Å². The molecular weight excluding hydrogens is 342 g/mol. The van der Waals surface area contributed by atoms with Gasteiger partial charge in [-0.1, -0.05) is 0 Å². The lowest BCUT2D eigenvalue weighted by Gasteiger charge is -2.11. The molecule has 3 rings (SSSR count). The van der Waals surface area contributed by atoms with Crippen LogP contribution in [0.4, 0.5) is 8.78 Å². The molecule has 0 amide bonds. The minimum Gasteiger partial charge on any atom is -0.494 e. The summed E-state index contributed by atoms with van der Waals surface area (Å²) in [6.07, 6.45) is 1.95. The van der Waals surface area contributed by atoms with Crippen LogP contribution < -0.4 is 4.74 Å². The smallest absolute Gasteiger partial charge is 0.359 e. The highest BCUT2D eigenvalue weighted by Crippen LogP contribution is 2.42. The Balaban J connectivity index is 1.97. The zero-order valence-corrected chi connectivity index (χ0v) is 15.1. The first-order valence-electron chi connectivity index (χ1n) is 8.81. The molecule has 0 bridgehead atoms. The second kappa shape index (κ2) is 7.43. The van der Waals surface area contributed by atoms with E-state index in [0.29, 0.717) is 6.61 Å². The number of carbonyl (C=O) groups is 1. The molecule has 0 saturated heterocycles. The second-order valence-electron chi connectivity index (χ2n) is 6.31. The Bertz CT molecular complexity index is 805. The third-order valence-corrected chi connectivity index (χ3v) is 4.40. The van der Waals surface area contributed by atoms with Crippen LogP contribution in [0.15, 0.2) is 12.1 Å². The van der Waals surface area contributed by atoms with E-state index in [0.717, 1.165) is 24.1 Å². The van der Waals surface area contributed by atoms with Gasteiger partial charge in [-0.25, -0.2) is 13.6 Å². The number of benzene rings is 1. The van der Waals surface area contributed by atoms with E-state index in [-0.39, 0.29) is 36.1 Å². The van der Waals surface area contributed by atoms with Crippen molar-refractivity contribution in [1.29, 1.82) is 0 Å². The maximum Gasteiger partial charge on any atom is 0.359 e. The molecule has 1 aliphatic carbocycles. The molecule has 0 radical (unpaired) electrons. The van der Waals surface area contributed by atoms with E-state index in [1.807, 2.05) is 0 Å². The summed E-state index contributed by atoms with van der Waals surface area (Å²) in [5.74, 6) is -1.49. The summed E-state index contributed by atoms with van der Waals surface area (Å²) in [5.41, 5.74) is 1.67. The van der Waals surface area contributed by atoms with Gasteiger partial charge in [0.15, 0.2) is 5.69 Å². The summed E-state index contributed by atoms with van der Waals surface area (Å²) in [7, 11) is 0. The van der Waals surface area contributed by atoms with Crippen LogP contribution in [0.2, 0.25) is 0 Å². The van der Waals surface area contributed by atoms with E-state index in [9.17, 15) is 13.6 Å². The predicted octanol–water partition coefficient (Wildman–Crippen LogP) is 3.97. The number of nitrogens with zero attached hydrogens (tertiary/aromatic N) is 2. The number of carbonyl (C=O) groups excluding carboxylic acids is 1. The van der Waals surface area contributed by atoms with E-state index in [1.165, 1.54) is 16.8 Å². The predicted molar refractivity (Wildman–Crippen MR) is 91.5 cm³/mol. The number of hydrogen-bond acceptors (Lipinski definition) is 4.